The molecule has 1 saturated heterocycles. The van der Waals surface area contributed by atoms with E-state index < -0.39 is 11.8 Å². The quantitative estimate of drug-likeness (QED) is 0.356. The molecule has 2 aliphatic heterocycles. The molecule has 2 aromatic carbocycles. The SMILES string of the molecule is C[C@@H]1Cc2c([nH]c3ccccc23)[C@@H](c2ccc3[nH]c(CN4CC[C@H](F)C4)cc3c2)N1CC(C)(C)F. The summed E-state index contributed by atoms with van der Waals surface area (Å²) in [6, 6.07) is 17.4. The maximum atomic E-state index is 15.0. The lowest BCUT2D eigenvalue weighted by Crippen LogP contribution is -2.47. The molecular weight excluding hydrogens is 442 g/mol. The number of alkyl halides is 2. The maximum absolute atomic E-state index is 15.0. The molecule has 0 saturated carbocycles. The molecule has 0 radical (unpaired) electrons. The number of likely N-dealkylation sites (tertiary alicyclic amines) is 1. The van der Waals surface area contributed by atoms with Crippen molar-refractivity contribution in [3.05, 3.63) is 71.0 Å². The largest absolute Gasteiger partial charge is 0.357 e. The number of halogens is 2. The molecule has 1 fully saturated rings. The summed E-state index contributed by atoms with van der Waals surface area (Å²) in [7, 11) is 0. The summed E-state index contributed by atoms with van der Waals surface area (Å²) in [4.78, 5) is 11.7. The second-order valence-corrected chi connectivity index (χ2v) is 11.2. The van der Waals surface area contributed by atoms with Crippen molar-refractivity contribution in [3.8, 4) is 0 Å². The van der Waals surface area contributed by atoms with Crippen LogP contribution in [0.1, 0.15) is 55.7 Å². The average molecular weight is 477 g/mol. The molecule has 35 heavy (non-hydrogen) atoms. The number of nitrogens with zero attached hydrogens (tertiary/aromatic N) is 2. The van der Waals surface area contributed by atoms with Crippen LogP contribution >= 0.6 is 0 Å². The summed E-state index contributed by atoms with van der Waals surface area (Å²) in [5, 5.41) is 2.41. The molecule has 2 N–H and O–H groups in total. The first kappa shape index (κ1) is 22.7. The number of para-hydroxylation sites is 1. The predicted octanol–water partition coefficient (Wildman–Crippen LogP) is 6.28. The molecule has 0 bridgehead atoms. The van der Waals surface area contributed by atoms with Crippen LogP contribution in [0.25, 0.3) is 21.8 Å². The van der Waals surface area contributed by atoms with Gasteiger partial charge in [-0.1, -0.05) is 24.3 Å². The zero-order chi connectivity index (χ0) is 24.3. The van der Waals surface area contributed by atoms with Crippen LogP contribution in [0.3, 0.4) is 0 Å². The molecule has 6 rings (SSSR count). The Kier molecular flexibility index (Phi) is 5.49. The summed E-state index contributed by atoms with van der Waals surface area (Å²) >= 11 is 0. The molecule has 3 atom stereocenters. The minimum Gasteiger partial charge on any atom is -0.357 e. The molecule has 2 aromatic heterocycles. The van der Waals surface area contributed by atoms with Gasteiger partial charge in [0, 0.05) is 65.4 Å². The van der Waals surface area contributed by atoms with E-state index in [0.717, 1.165) is 47.2 Å². The highest BCUT2D eigenvalue weighted by Crippen LogP contribution is 2.42. The van der Waals surface area contributed by atoms with Gasteiger partial charge in [-0.25, -0.2) is 8.78 Å². The Labute approximate surface area is 205 Å². The fourth-order valence-corrected chi connectivity index (χ4v) is 6.18. The molecule has 4 nitrogen and oxygen atoms in total. The Morgan fingerprint density at radius 3 is 2.66 bits per heavy atom. The Morgan fingerprint density at radius 1 is 1.06 bits per heavy atom. The smallest absolute Gasteiger partial charge is 0.118 e. The van der Waals surface area contributed by atoms with Gasteiger partial charge < -0.3 is 9.97 Å². The van der Waals surface area contributed by atoms with Crippen LogP contribution in [0.2, 0.25) is 0 Å². The number of aromatic nitrogens is 2. The minimum absolute atomic E-state index is 0.0511. The number of H-pyrrole nitrogens is 2. The lowest BCUT2D eigenvalue weighted by Gasteiger charge is -2.43. The first-order chi connectivity index (χ1) is 16.7. The van der Waals surface area contributed by atoms with Crippen LogP contribution in [0.15, 0.2) is 48.5 Å². The molecule has 2 aliphatic rings. The van der Waals surface area contributed by atoms with Crippen LogP contribution in [-0.2, 0) is 13.0 Å². The molecule has 4 heterocycles. The topological polar surface area (TPSA) is 38.1 Å². The van der Waals surface area contributed by atoms with E-state index in [2.05, 4.69) is 75.2 Å². The summed E-state index contributed by atoms with van der Waals surface area (Å²) in [5.41, 5.74) is 5.71. The summed E-state index contributed by atoms with van der Waals surface area (Å²) in [5.74, 6) is 0. The Morgan fingerprint density at radius 2 is 1.89 bits per heavy atom. The number of aromatic amines is 2. The molecule has 4 aromatic rings. The van der Waals surface area contributed by atoms with Crippen molar-refractivity contribution in [2.45, 2.75) is 64.1 Å². The van der Waals surface area contributed by atoms with Gasteiger partial charge in [-0.3, -0.25) is 9.80 Å². The second kappa shape index (κ2) is 8.45. The Bertz CT molecular complexity index is 1360. The van der Waals surface area contributed by atoms with Gasteiger partial charge in [-0.05, 0) is 69.0 Å². The molecule has 0 amide bonds. The number of hydrogen-bond donors (Lipinski definition) is 2. The van der Waals surface area contributed by atoms with E-state index in [1.807, 2.05) is 0 Å². The zero-order valence-electron chi connectivity index (χ0n) is 20.7. The third-order valence-electron chi connectivity index (χ3n) is 7.70. The van der Waals surface area contributed by atoms with Gasteiger partial charge in [0.05, 0.1) is 6.04 Å². The van der Waals surface area contributed by atoms with Crippen molar-refractivity contribution in [1.82, 2.24) is 19.8 Å². The zero-order valence-corrected chi connectivity index (χ0v) is 20.7. The number of rotatable bonds is 5. The first-order valence-electron chi connectivity index (χ1n) is 12.8. The lowest BCUT2D eigenvalue weighted by molar-refractivity contribution is 0.0668. The highest BCUT2D eigenvalue weighted by molar-refractivity contribution is 5.86. The second-order valence-electron chi connectivity index (χ2n) is 11.2. The van der Waals surface area contributed by atoms with Crippen LogP contribution in [-0.4, -0.2) is 57.3 Å². The van der Waals surface area contributed by atoms with Crippen LogP contribution in [0.5, 0.6) is 0 Å². The molecular formula is C29H34F2N4. The van der Waals surface area contributed by atoms with Gasteiger partial charge >= 0.3 is 0 Å². The van der Waals surface area contributed by atoms with Gasteiger partial charge in [0.25, 0.3) is 0 Å². The molecule has 184 valence electrons. The predicted molar refractivity (Wildman–Crippen MR) is 138 cm³/mol. The summed E-state index contributed by atoms with van der Waals surface area (Å²) < 4.78 is 28.6. The lowest BCUT2D eigenvalue weighted by atomic mass is 9.87. The van der Waals surface area contributed by atoms with E-state index in [9.17, 15) is 4.39 Å². The number of benzene rings is 2. The number of fused-ring (bicyclic) bond motifs is 4. The highest BCUT2D eigenvalue weighted by Gasteiger charge is 2.38. The first-order valence-corrected chi connectivity index (χ1v) is 12.8. The van der Waals surface area contributed by atoms with Crippen molar-refractivity contribution >= 4 is 21.8 Å². The fraction of sp³-hybridized carbons (Fsp3) is 0.448. The minimum atomic E-state index is -1.30. The Balaban J connectivity index is 1.42. The van der Waals surface area contributed by atoms with E-state index in [1.165, 1.54) is 16.6 Å². The van der Waals surface area contributed by atoms with E-state index in [1.54, 1.807) is 13.8 Å². The number of nitrogens with one attached hydrogen (secondary N) is 2. The van der Waals surface area contributed by atoms with Crippen molar-refractivity contribution in [2.75, 3.05) is 19.6 Å². The van der Waals surface area contributed by atoms with E-state index in [4.69, 9.17) is 0 Å². The van der Waals surface area contributed by atoms with Crippen molar-refractivity contribution in [2.24, 2.45) is 0 Å². The molecule has 6 heteroatoms. The highest BCUT2D eigenvalue weighted by atomic mass is 19.1. The monoisotopic (exact) mass is 476 g/mol. The fourth-order valence-electron chi connectivity index (χ4n) is 6.18. The van der Waals surface area contributed by atoms with E-state index in [-0.39, 0.29) is 12.1 Å². The standard InChI is InChI=1S/C29H34F2N4/c1-18-12-24-23-6-4-5-7-26(23)33-27(24)28(35(18)17-29(2,3)31)19-8-9-25-20(13-19)14-22(32-25)16-34-11-10-21(30)15-34/h4-9,13-14,18,21,28,32-33H,10-12,15-17H2,1-3H3/t18-,21+,28-/m1/s1. The third-order valence-corrected chi connectivity index (χ3v) is 7.70. The van der Waals surface area contributed by atoms with Crippen molar-refractivity contribution in [3.63, 3.8) is 0 Å². The van der Waals surface area contributed by atoms with Crippen molar-refractivity contribution in [1.29, 1.82) is 0 Å². The van der Waals surface area contributed by atoms with Gasteiger partial charge in [0.2, 0.25) is 0 Å². The molecule has 0 spiro atoms. The molecule has 0 aliphatic carbocycles. The van der Waals surface area contributed by atoms with E-state index >= 15 is 4.39 Å². The Hall–Kier alpha value is -2.70. The molecule has 0 unspecified atom stereocenters. The van der Waals surface area contributed by atoms with Crippen molar-refractivity contribution < 1.29 is 8.78 Å². The summed E-state index contributed by atoms with van der Waals surface area (Å²) in [6.45, 7) is 7.96. The van der Waals surface area contributed by atoms with Gasteiger partial charge in [-0.15, -0.1) is 0 Å². The van der Waals surface area contributed by atoms with Crippen LogP contribution in [0.4, 0.5) is 8.78 Å². The number of hydrogen-bond acceptors (Lipinski definition) is 2. The normalized spacial score (nSPS) is 24.0. The van der Waals surface area contributed by atoms with Crippen LogP contribution < -0.4 is 0 Å². The van der Waals surface area contributed by atoms with Crippen LogP contribution in [0, 0.1) is 0 Å². The third kappa shape index (κ3) is 4.27. The van der Waals surface area contributed by atoms with E-state index in [0.29, 0.717) is 19.5 Å². The summed E-state index contributed by atoms with van der Waals surface area (Å²) in [6.07, 6.45) is 0.807. The van der Waals surface area contributed by atoms with Gasteiger partial charge in [-0.2, -0.15) is 0 Å². The average Bonchev–Trinajstić information content (AvgIpc) is 3.49. The maximum Gasteiger partial charge on any atom is 0.118 e. The van der Waals surface area contributed by atoms with Gasteiger partial charge in [0.15, 0.2) is 0 Å². The van der Waals surface area contributed by atoms with Gasteiger partial charge in [0.1, 0.15) is 11.8 Å².